The lowest BCUT2D eigenvalue weighted by Gasteiger charge is -2.16. The highest BCUT2D eigenvalue weighted by Crippen LogP contribution is 2.26. The quantitative estimate of drug-likeness (QED) is 0.458. The average Bonchev–Trinajstić information content (AvgIpc) is 3.46. The summed E-state index contributed by atoms with van der Waals surface area (Å²) in [7, 11) is 1.52. The molecule has 2 amide bonds. The summed E-state index contributed by atoms with van der Waals surface area (Å²) in [5.41, 5.74) is 3.19. The molecule has 4 aromatic rings. The minimum Gasteiger partial charge on any atom is -0.330 e. The number of halogens is 1. The van der Waals surface area contributed by atoms with Gasteiger partial charge in [-0.25, -0.2) is 14.1 Å². The van der Waals surface area contributed by atoms with Crippen LogP contribution in [0, 0.1) is 19.7 Å². The van der Waals surface area contributed by atoms with Gasteiger partial charge in [-0.15, -0.1) is 16.4 Å². The average molecular weight is 464 g/mol. The Labute approximate surface area is 194 Å². The molecule has 4 rings (SSSR count). The summed E-state index contributed by atoms with van der Waals surface area (Å²) in [4.78, 5) is 32.1. The Bertz CT molecular complexity index is 1280. The predicted molar refractivity (Wildman–Crippen MR) is 126 cm³/mol. The van der Waals surface area contributed by atoms with Crippen LogP contribution in [-0.4, -0.2) is 45.1 Å². The molecule has 168 valence electrons. The molecule has 0 spiro atoms. The number of aryl methyl sites for hydroxylation is 2. The van der Waals surface area contributed by atoms with Crippen LogP contribution in [0.5, 0.6) is 0 Å². The smallest absolute Gasteiger partial charge is 0.293 e. The maximum absolute atomic E-state index is 13.4. The Kier molecular flexibility index (Phi) is 6.32. The van der Waals surface area contributed by atoms with E-state index in [9.17, 15) is 14.0 Å². The number of nitrogens with zero attached hydrogens (tertiary/aromatic N) is 4. The maximum Gasteiger partial charge on any atom is 0.293 e. The minimum atomic E-state index is -0.495. The van der Waals surface area contributed by atoms with E-state index in [4.69, 9.17) is 0 Å². The number of hydrogen-bond donors (Lipinski definition) is 1. The first kappa shape index (κ1) is 22.3. The largest absolute Gasteiger partial charge is 0.330 e. The molecule has 0 aliphatic heterocycles. The predicted octanol–water partition coefficient (Wildman–Crippen LogP) is 4.46. The van der Waals surface area contributed by atoms with Crippen molar-refractivity contribution in [2.45, 2.75) is 13.8 Å². The molecule has 0 bridgehead atoms. The van der Waals surface area contributed by atoms with Gasteiger partial charge in [0.1, 0.15) is 5.82 Å². The number of anilines is 1. The standard InChI is InChI=1S/C24H22FN5O2S/c1-15-6-4-7-16(2)21(15)26-20(31)14-29(3)24(32)22-27-23(19-8-5-13-33-19)30(28-22)18-11-9-17(25)10-12-18/h4-13H,14H2,1-3H3,(H,26,31). The molecule has 7 nitrogen and oxygen atoms in total. The van der Waals surface area contributed by atoms with Gasteiger partial charge in [0.05, 0.1) is 17.1 Å². The Morgan fingerprint density at radius 1 is 1.06 bits per heavy atom. The first-order valence-corrected chi connectivity index (χ1v) is 11.1. The summed E-state index contributed by atoms with van der Waals surface area (Å²) in [5, 5.41) is 9.14. The highest BCUT2D eigenvalue weighted by Gasteiger charge is 2.23. The summed E-state index contributed by atoms with van der Waals surface area (Å²) in [6, 6.07) is 15.3. The molecule has 0 saturated heterocycles. The molecule has 1 N–H and O–H groups in total. The molecule has 0 radical (unpaired) electrons. The number of aromatic nitrogens is 3. The van der Waals surface area contributed by atoms with Gasteiger partial charge in [0.15, 0.2) is 5.82 Å². The summed E-state index contributed by atoms with van der Waals surface area (Å²) in [6.45, 7) is 3.66. The Balaban J connectivity index is 1.57. The molecule has 0 saturated carbocycles. The van der Waals surface area contributed by atoms with E-state index < -0.39 is 5.91 Å². The zero-order chi connectivity index (χ0) is 23.5. The van der Waals surface area contributed by atoms with Crippen molar-refractivity contribution in [2.75, 3.05) is 18.9 Å². The number of rotatable bonds is 6. The lowest BCUT2D eigenvalue weighted by Crippen LogP contribution is -2.35. The van der Waals surface area contributed by atoms with Crippen molar-refractivity contribution in [2.24, 2.45) is 0 Å². The van der Waals surface area contributed by atoms with Crippen LogP contribution < -0.4 is 5.32 Å². The van der Waals surface area contributed by atoms with Gasteiger partial charge in [-0.1, -0.05) is 24.3 Å². The molecule has 2 heterocycles. The van der Waals surface area contributed by atoms with Crippen molar-refractivity contribution < 1.29 is 14.0 Å². The number of benzene rings is 2. The molecule has 0 atom stereocenters. The van der Waals surface area contributed by atoms with Crippen molar-refractivity contribution in [1.29, 1.82) is 0 Å². The molecule has 0 unspecified atom stereocenters. The van der Waals surface area contributed by atoms with Gasteiger partial charge in [-0.2, -0.15) is 0 Å². The van der Waals surface area contributed by atoms with Crippen LogP contribution in [0.2, 0.25) is 0 Å². The van der Waals surface area contributed by atoms with E-state index in [1.165, 1.54) is 40.1 Å². The molecule has 0 aliphatic rings. The zero-order valence-corrected chi connectivity index (χ0v) is 19.2. The minimum absolute atomic E-state index is 0.0508. The van der Waals surface area contributed by atoms with Gasteiger partial charge in [0.25, 0.3) is 5.91 Å². The first-order chi connectivity index (χ1) is 15.8. The van der Waals surface area contributed by atoms with Crippen LogP contribution in [0.3, 0.4) is 0 Å². The normalized spacial score (nSPS) is 10.8. The Morgan fingerprint density at radius 3 is 2.39 bits per heavy atom. The van der Waals surface area contributed by atoms with Crippen molar-refractivity contribution in [3.63, 3.8) is 0 Å². The Hall–Kier alpha value is -3.85. The SMILES string of the molecule is Cc1cccc(C)c1NC(=O)CN(C)C(=O)c1nc(-c2cccs2)n(-c2ccc(F)cc2)n1. The summed E-state index contributed by atoms with van der Waals surface area (Å²) >= 11 is 1.45. The number of likely N-dealkylation sites (N-methyl/N-ethyl adjacent to an activating group) is 1. The summed E-state index contributed by atoms with van der Waals surface area (Å²) in [5.74, 6) is -0.772. The van der Waals surface area contributed by atoms with Gasteiger partial charge < -0.3 is 10.2 Å². The van der Waals surface area contributed by atoms with E-state index in [0.29, 0.717) is 11.5 Å². The number of nitrogens with one attached hydrogen (secondary N) is 1. The molecule has 0 aliphatic carbocycles. The number of hydrogen-bond acceptors (Lipinski definition) is 5. The van der Waals surface area contributed by atoms with E-state index in [1.54, 1.807) is 12.1 Å². The lowest BCUT2D eigenvalue weighted by molar-refractivity contribution is -0.116. The third-order valence-corrected chi connectivity index (χ3v) is 5.95. The van der Waals surface area contributed by atoms with Crippen molar-refractivity contribution in [3.05, 3.63) is 82.7 Å². The van der Waals surface area contributed by atoms with Gasteiger partial charge in [0.2, 0.25) is 11.7 Å². The topological polar surface area (TPSA) is 80.1 Å². The highest BCUT2D eigenvalue weighted by molar-refractivity contribution is 7.13. The molecule has 0 fully saturated rings. The van der Waals surface area contributed by atoms with Gasteiger partial charge in [-0.3, -0.25) is 9.59 Å². The molecule has 2 aromatic carbocycles. The second-order valence-corrected chi connectivity index (χ2v) is 8.55. The van der Waals surface area contributed by atoms with E-state index in [-0.39, 0.29) is 24.1 Å². The lowest BCUT2D eigenvalue weighted by atomic mass is 10.1. The number of para-hydroxylation sites is 1. The van der Waals surface area contributed by atoms with Gasteiger partial charge in [0, 0.05) is 12.7 Å². The van der Waals surface area contributed by atoms with Gasteiger partial charge >= 0.3 is 0 Å². The molecule has 2 aromatic heterocycles. The second kappa shape index (κ2) is 9.33. The highest BCUT2D eigenvalue weighted by atomic mass is 32.1. The number of carbonyl (C=O) groups is 2. The van der Waals surface area contributed by atoms with Crippen LogP contribution in [0.1, 0.15) is 21.7 Å². The third kappa shape index (κ3) is 4.83. The fourth-order valence-corrected chi connectivity index (χ4v) is 4.08. The zero-order valence-electron chi connectivity index (χ0n) is 18.4. The third-order valence-electron chi connectivity index (χ3n) is 5.08. The molecule has 33 heavy (non-hydrogen) atoms. The van der Waals surface area contributed by atoms with E-state index >= 15 is 0 Å². The summed E-state index contributed by atoms with van der Waals surface area (Å²) in [6.07, 6.45) is 0. The van der Waals surface area contributed by atoms with Crippen LogP contribution in [0.25, 0.3) is 16.4 Å². The van der Waals surface area contributed by atoms with Crippen LogP contribution in [0.4, 0.5) is 10.1 Å². The van der Waals surface area contributed by atoms with Crippen LogP contribution in [-0.2, 0) is 4.79 Å². The van der Waals surface area contributed by atoms with E-state index in [2.05, 4.69) is 15.4 Å². The Morgan fingerprint density at radius 2 is 1.76 bits per heavy atom. The monoisotopic (exact) mass is 463 g/mol. The van der Waals surface area contributed by atoms with Gasteiger partial charge in [-0.05, 0) is 60.7 Å². The van der Waals surface area contributed by atoms with Crippen molar-refractivity contribution >= 4 is 28.8 Å². The number of amides is 2. The summed E-state index contributed by atoms with van der Waals surface area (Å²) < 4.78 is 14.9. The maximum atomic E-state index is 13.4. The van der Waals surface area contributed by atoms with E-state index in [1.807, 2.05) is 49.6 Å². The molecular formula is C24H22FN5O2S. The fraction of sp³-hybridized carbons (Fsp3) is 0.167. The van der Waals surface area contributed by atoms with Crippen LogP contribution >= 0.6 is 11.3 Å². The van der Waals surface area contributed by atoms with Crippen molar-refractivity contribution in [3.8, 4) is 16.4 Å². The molecule has 9 heteroatoms. The van der Waals surface area contributed by atoms with Crippen LogP contribution in [0.15, 0.2) is 60.0 Å². The first-order valence-electron chi connectivity index (χ1n) is 10.2. The molecular weight excluding hydrogens is 441 g/mol. The fourth-order valence-electron chi connectivity index (χ4n) is 3.38. The number of thiophene rings is 1. The number of carbonyl (C=O) groups excluding carboxylic acids is 2. The van der Waals surface area contributed by atoms with Crippen molar-refractivity contribution in [1.82, 2.24) is 19.7 Å². The second-order valence-electron chi connectivity index (χ2n) is 7.60. The van der Waals surface area contributed by atoms with E-state index in [0.717, 1.165) is 21.7 Å².